The van der Waals surface area contributed by atoms with E-state index in [1.54, 1.807) is 6.20 Å². The van der Waals surface area contributed by atoms with E-state index in [0.29, 0.717) is 18.7 Å². The average Bonchev–Trinajstić information content (AvgIpc) is 2.75. The number of anilines is 1. The molecule has 0 aliphatic carbocycles. The smallest absolute Gasteiger partial charge is 0.241 e. The van der Waals surface area contributed by atoms with Crippen molar-refractivity contribution in [3.63, 3.8) is 0 Å². The fourth-order valence-electron chi connectivity index (χ4n) is 1.47. The number of hydrogen-bond donors (Lipinski definition) is 4. The molecule has 14 heavy (non-hydrogen) atoms. The maximum absolute atomic E-state index is 11.5. The molecule has 1 aliphatic heterocycles. The summed E-state index contributed by atoms with van der Waals surface area (Å²) in [6.45, 7) is 0.476. The van der Waals surface area contributed by atoms with Crippen molar-refractivity contribution in [1.82, 2.24) is 15.5 Å². The van der Waals surface area contributed by atoms with Gasteiger partial charge in [0.1, 0.15) is 0 Å². The zero-order valence-electron chi connectivity index (χ0n) is 7.53. The molecular formula is C8H12N4O2. The standard InChI is InChI=1S/C8H12N4O2/c13-6-1-7(9-4-6)8(14)12-5-2-10-11-3-5/h2-3,6-7,9,13H,1,4H2,(H,10,11)(H,12,14)/t6-,7-/m1/s1. The van der Waals surface area contributed by atoms with Gasteiger partial charge in [-0.05, 0) is 6.42 Å². The van der Waals surface area contributed by atoms with Crippen LogP contribution in [-0.4, -0.2) is 39.9 Å². The van der Waals surface area contributed by atoms with E-state index in [4.69, 9.17) is 0 Å². The van der Waals surface area contributed by atoms with Gasteiger partial charge in [-0.1, -0.05) is 0 Å². The number of nitrogens with zero attached hydrogens (tertiary/aromatic N) is 1. The van der Waals surface area contributed by atoms with Crippen molar-refractivity contribution in [3.05, 3.63) is 12.4 Å². The van der Waals surface area contributed by atoms with Crippen LogP contribution in [0.5, 0.6) is 0 Å². The molecule has 0 saturated carbocycles. The first-order valence-corrected chi connectivity index (χ1v) is 4.47. The average molecular weight is 196 g/mol. The van der Waals surface area contributed by atoms with Crippen LogP contribution in [0.25, 0.3) is 0 Å². The van der Waals surface area contributed by atoms with Crippen LogP contribution in [0.1, 0.15) is 6.42 Å². The molecule has 2 atom stereocenters. The highest BCUT2D eigenvalue weighted by atomic mass is 16.3. The molecule has 4 N–H and O–H groups in total. The van der Waals surface area contributed by atoms with E-state index in [-0.39, 0.29) is 11.9 Å². The monoisotopic (exact) mass is 196 g/mol. The van der Waals surface area contributed by atoms with E-state index >= 15 is 0 Å². The Kier molecular flexibility index (Phi) is 2.47. The molecule has 1 aromatic rings. The number of β-amino-alcohol motifs (C(OH)–C–C–N with tert-alkyl or cyclic N) is 1. The lowest BCUT2D eigenvalue weighted by molar-refractivity contribution is -0.117. The zero-order valence-corrected chi connectivity index (χ0v) is 7.53. The molecule has 0 bridgehead atoms. The van der Waals surface area contributed by atoms with E-state index in [0.717, 1.165) is 0 Å². The van der Waals surface area contributed by atoms with Crippen LogP contribution < -0.4 is 10.6 Å². The van der Waals surface area contributed by atoms with Gasteiger partial charge in [-0.25, -0.2) is 0 Å². The molecule has 6 heteroatoms. The molecule has 0 spiro atoms. The second-order valence-electron chi connectivity index (χ2n) is 3.33. The van der Waals surface area contributed by atoms with Crippen LogP contribution >= 0.6 is 0 Å². The predicted molar refractivity (Wildman–Crippen MR) is 49.6 cm³/mol. The number of H-pyrrole nitrogens is 1. The summed E-state index contributed by atoms with van der Waals surface area (Å²) in [4.78, 5) is 11.5. The zero-order chi connectivity index (χ0) is 9.97. The molecule has 1 saturated heterocycles. The minimum Gasteiger partial charge on any atom is -0.392 e. The molecule has 1 aromatic heterocycles. The summed E-state index contributed by atoms with van der Waals surface area (Å²) in [6, 6.07) is -0.306. The van der Waals surface area contributed by atoms with Crippen molar-refractivity contribution >= 4 is 11.6 Å². The number of aromatic nitrogens is 2. The van der Waals surface area contributed by atoms with Crippen molar-refractivity contribution < 1.29 is 9.90 Å². The van der Waals surface area contributed by atoms with Gasteiger partial charge < -0.3 is 15.7 Å². The third-order valence-corrected chi connectivity index (χ3v) is 2.19. The lowest BCUT2D eigenvalue weighted by Gasteiger charge is -2.08. The highest BCUT2D eigenvalue weighted by Crippen LogP contribution is 2.09. The molecule has 0 aromatic carbocycles. The van der Waals surface area contributed by atoms with E-state index in [1.165, 1.54) is 6.20 Å². The second-order valence-corrected chi connectivity index (χ2v) is 3.33. The van der Waals surface area contributed by atoms with Gasteiger partial charge in [0.25, 0.3) is 0 Å². The lowest BCUT2D eigenvalue weighted by Crippen LogP contribution is -2.35. The summed E-state index contributed by atoms with van der Waals surface area (Å²) >= 11 is 0. The fraction of sp³-hybridized carbons (Fsp3) is 0.500. The van der Waals surface area contributed by atoms with Gasteiger partial charge in [-0.2, -0.15) is 5.10 Å². The van der Waals surface area contributed by atoms with E-state index in [1.807, 2.05) is 0 Å². The van der Waals surface area contributed by atoms with Crippen LogP contribution in [-0.2, 0) is 4.79 Å². The van der Waals surface area contributed by atoms with Gasteiger partial charge in [0.15, 0.2) is 0 Å². The number of hydrogen-bond acceptors (Lipinski definition) is 4. The van der Waals surface area contributed by atoms with Gasteiger partial charge in [0.05, 0.1) is 24.0 Å². The fourth-order valence-corrected chi connectivity index (χ4v) is 1.47. The lowest BCUT2D eigenvalue weighted by atomic mass is 10.2. The third-order valence-electron chi connectivity index (χ3n) is 2.19. The highest BCUT2D eigenvalue weighted by Gasteiger charge is 2.27. The van der Waals surface area contributed by atoms with Gasteiger partial charge in [0, 0.05) is 12.7 Å². The minimum absolute atomic E-state index is 0.136. The molecule has 1 amide bonds. The second kappa shape index (κ2) is 3.77. The Morgan fingerprint density at radius 2 is 2.57 bits per heavy atom. The van der Waals surface area contributed by atoms with Gasteiger partial charge in [-0.3, -0.25) is 9.89 Å². The Balaban J connectivity index is 1.90. The molecule has 0 radical (unpaired) electrons. The molecule has 76 valence electrons. The number of amides is 1. The van der Waals surface area contributed by atoms with Crippen molar-refractivity contribution in [2.24, 2.45) is 0 Å². The Hall–Kier alpha value is -1.40. The first-order chi connectivity index (χ1) is 6.75. The maximum atomic E-state index is 11.5. The number of carbonyl (C=O) groups excluding carboxylic acids is 1. The first-order valence-electron chi connectivity index (χ1n) is 4.47. The number of aromatic amines is 1. The van der Waals surface area contributed by atoms with Crippen LogP contribution in [0.2, 0.25) is 0 Å². The van der Waals surface area contributed by atoms with Crippen molar-refractivity contribution in [3.8, 4) is 0 Å². The van der Waals surface area contributed by atoms with Crippen LogP contribution in [0, 0.1) is 0 Å². The largest absolute Gasteiger partial charge is 0.392 e. The summed E-state index contributed by atoms with van der Waals surface area (Å²) < 4.78 is 0. The van der Waals surface area contributed by atoms with Crippen molar-refractivity contribution in [1.29, 1.82) is 0 Å². The third kappa shape index (κ3) is 1.91. The summed E-state index contributed by atoms with van der Waals surface area (Å²) in [6.07, 6.45) is 3.17. The Morgan fingerprint density at radius 3 is 3.14 bits per heavy atom. The molecule has 2 rings (SSSR count). The topological polar surface area (TPSA) is 90.0 Å². The normalized spacial score (nSPS) is 26.4. The Bertz CT molecular complexity index is 311. The molecular weight excluding hydrogens is 184 g/mol. The molecule has 1 aliphatic rings. The van der Waals surface area contributed by atoms with Crippen LogP contribution in [0.3, 0.4) is 0 Å². The predicted octanol–water partition coefficient (Wildman–Crippen LogP) is -0.929. The number of aliphatic hydroxyl groups is 1. The quantitative estimate of drug-likeness (QED) is 0.492. The van der Waals surface area contributed by atoms with E-state index in [9.17, 15) is 9.90 Å². The number of carbonyl (C=O) groups is 1. The van der Waals surface area contributed by atoms with Crippen molar-refractivity contribution in [2.75, 3.05) is 11.9 Å². The molecule has 1 fully saturated rings. The van der Waals surface area contributed by atoms with E-state index < -0.39 is 6.10 Å². The highest BCUT2D eigenvalue weighted by molar-refractivity contribution is 5.94. The van der Waals surface area contributed by atoms with Crippen LogP contribution in [0.4, 0.5) is 5.69 Å². The van der Waals surface area contributed by atoms with E-state index in [2.05, 4.69) is 20.8 Å². The van der Waals surface area contributed by atoms with Gasteiger partial charge in [0.2, 0.25) is 5.91 Å². The Labute approximate surface area is 80.7 Å². The summed E-state index contributed by atoms with van der Waals surface area (Å²) in [5, 5.41) is 21.1. The number of rotatable bonds is 2. The first kappa shape index (κ1) is 9.17. The Morgan fingerprint density at radius 1 is 1.71 bits per heavy atom. The van der Waals surface area contributed by atoms with Gasteiger partial charge in [-0.15, -0.1) is 0 Å². The summed E-state index contributed by atoms with van der Waals surface area (Å²) in [7, 11) is 0. The van der Waals surface area contributed by atoms with Gasteiger partial charge >= 0.3 is 0 Å². The summed E-state index contributed by atoms with van der Waals surface area (Å²) in [5.74, 6) is -0.136. The summed E-state index contributed by atoms with van der Waals surface area (Å²) in [5.41, 5.74) is 0.637. The number of aliphatic hydroxyl groups excluding tert-OH is 1. The van der Waals surface area contributed by atoms with Crippen molar-refractivity contribution in [2.45, 2.75) is 18.6 Å². The molecule has 0 unspecified atom stereocenters. The number of nitrogens with one attached hydrogen (secondary N) is 3. The molecule has 2 heterocycles. The minimum atomic E-state index is -0.421. The van der Waals surface area contributed by atoms with Crippen LogP contribution in [0.15, 0.2) is 12.4 Å². The molecule has 6 nitrogen and oxygen atoms in total. The SMILES string of the molecule is O=C(Nc1cn[nH]c1)[C@H]1C[C@@H](O)CN1. The maximum Gasteiger partial charge on any atom is 0.241 e.